The van der Waals surface area contributed by atoms with Crippen molar-refractivity contribution in [2.45, 2.75) is 13.8 Å². The van der Waals surface area contributed by atoms with Gasteiger partial charge in [-0.2, -0.15) is 5.10 Å². The Morgan fingerprint density at radius 2 is 2.10 bits per heavy atom. The standard InChI is InChI=1S/C7H13ClN2/c1-6(2)10(4)9-7(3)5-8/h1,5H2,2-4H3/b9-7+. The monoisotopic (exact) mass is 160 g/mol. The van der Waals surface area contributed by atoms with Crippen LogP contribution in [0.25, 0.3) is 0 Å². The normalized spacial score (nSPS) is 11.4. The quantitative estimate of drug-likeness (QED) is 0.351. The van der Waals surface area contributed by atoms with Crippen LogP contribution in [0.4, 0.5) is 0 Å². The molecule has 0 fully saturated rings. The van der Waals surface area contributed by atoms with Crippen LogP contribution in [0, 0.1) is 0 Å². The van der Waals surface area contributed by atoms with Gasteiger partial charge in [-0.05, 0) is 13.8 Å². The summed E-state index contributed by atoms with van der Waals surface area (Å²) in [6.45, 7) is 7.49. The molecule has 0 N–H and O–H groups in total. The second-order valence-electron chi connectivity index (χ2n) is 2.23. The molecular formula is C7H13ClN2. The Hall–Kier alpha value is -0.500. The molecule has 0 heterocycles. The number of hydrogen-bond donors (Lipinski definition) is 0. The van der Waals surface area contributed by atoms with Gasteiger partial charge in [-0.15, -0.1) is 11.6 Å². The zero-order chi connectivity index (χ0) is 8.15. The molecule has 0 aromatic heterocycles. The van der Waals surface area contributed by atoms with Gasteiger partial charge in [-0.1, -0.05) is 6.58 Å². The number of allylic oxidation sites excluding steroid dienone is 1. The summed E-state index contributed by atoms with van der Waals surface area (Å²) in [5.74, 6) is 0.470. The number of alkyl halides is 1. The Morgan fingerprint density at radius 3 is 2.40 bits per heavy atom. The highest BCUT2D eigenvalue weighted by molar-refractivity contribution is 6.28. The fourth-order valence-electron chi connectivity index (χ4n) is 0.368. The van der Waals surface area contributed by atoms with Crippen molar-refractivity contribution in [1.82, 2.24) is 5.01 Å². The third-order valence-electron chi connectivity index (χ3n) is 1.07. The van der Waals surface area contributed by atoms with Gasteiger partial charge >= 0.3 is 0 Å². The fraction of sp³-hybridized carbons (Fsp3) is 0.571. The first-order valence-corrected chi connectivity index (χ1v) is 3.60. The van der Waals surface area contributed by atoms with Crippen molar-refractivity contribution in [3.63, 3.8) is 0 Å². The van der Waals surface area contributed by atoms with Crippen LogP contribution in [0.1, 0.15) is 13.8 Å². The predicted octanol–water partition coefficient (Wildman–Crippen LogP) is 2.07. The van der Waals surface area contributed by atoms with Crippen molar-refractivity contribution in [3.05, 3.63) is 12.3 Å². The maximum atomic E-state index is 5.51. The molecule has 0 rings (SSSR count). The van der Waals surface area contributed by atoms with E-state index in [9.17, 15) is 0 Å². The summed E-state index contributed by atoms with van der Waals surface area (Å²) in [5.41, 5.74) is 1.80. The zero-order valence-corrected chi connectivity index (χ0v) is 7.44. The van der Waals surface area contributed by atoms with Crippen molar-refractivity contribution in [2.75, 3.05) is 12.9 Å². The number of hydrogen-bond acceptors (Lipinski definition) is 2. The van der Waals surface area contributed by atoms with Crippen LogP contribution in [-0.4, -0.2) is 23.6 Å². The molecule has 0 saturated heterocycles. The Kier molecular flexibility index (Phi) is 4.12. The lowest BCUT2D eigenvalue weighted by atomic mass is 10.5. The van der Waals surface area contributed by atoms with Gasteiger partial charge in [-0.25, -0.2) is 0 Å². The number of rotatable bonds is 3. The summed E-state index contributed by atoms with van der Waals surface area (Å²) in [5, 5.41) is 5.82. The molecule has 0 aromatic carbocycles. The lowest BCUT2D eigenvalue weighted by Gasteiger charge is -2.12. The molecule has 0 unspecified atom stereocenters. The van der Waals surface area contributed by atoms with E-state index in [1.54, 1.807) is 5.01 Å². The van der Waals surface area contributed by atoms with E-state index >= 15 is 0 Å². The van der Waals surface area contributed by atoms with Crippen molar-refractivity contribution in [2.24, 2.45) is 5.10 Å². The largest absolute Gasteiger partial charge is 0.274 e. The van der Waals surface area contributed by atoms with Gasteiger partial charge in [0.15, 0.2) is 0 Å². The van der Waals surface area contributed by atoms with Gasteiger partial charge in [0.2, 0.25) is 0 Å². The highest BCUT2D eigenvalue weighted by atomic mass is 35.5. The summed E-state index contributed by atoms with van der Waals surface area (Å²) < 4.78 is 0. The summed E-state index contributed by atoms with van der Waals surface area (Å²) in [4.78, 5) is 0. The molecule has 0 atom stereocenters. The average molecular weight is 161 g/mol. The first kappa shape index (κ1) is 9.50. The summed E-state index contributed by atoms with van der Waals surface area (Å²) in [6.07, 6.45) is 0. The SMILES string of the molecule is C=C(C)N(C)/N=C(\C)CCl. The molecule has 0 aromatic rings. The number of nitrogens with zero attached hydrogens (tertiary/aromatic N) is 2. The molecule has 0 aliphatic carbocycles. The van der Waals surface area contributed by atoms with Crippen molar-refractivity contribution < 1.29 is 0 Å². The van der Waals surface area contributed by atoms with E-state index < -0.39 is 0 Å². The lowest BCUT2D eigenvalue weighted by Crippen LogP contribution is -2.10. The Labute approximate surface area is 67.2 Å². The van der Waals surface area contributed by atoms with Crippen molar-refractivity contribution >= 4 is 17.3 Å². The number of halogens is 1. The van der Waals surface area contributed by atoms with Gasteiger partial charge in [0.1, 0.15) is 0 Å². The molecule has 58 valence electrons. The van der Waals surface area contributed by atoms with Gasteiger partial charge in [0.05, 0.1) is 11.6 Å². The summed E-state index contributed by atoms with van der Waals surface area (Å²) >= 11 is 5.51. The van der Waals surface area contributed by atoms with Gasteiger partial charge in [0, 0.05) is 12.7 Å². The van der Waals surface area contributed by atoms with E-state index in [0.29, 0.717) is 5.88 Å². The second-order valence-corrected chi connectivity index (χ2v) is 2.50. The zero-order valence-electron chi connectivity index (χ0n) is 6.69. The smallest absolute Gasteiger partial charge is 0.0622 e. The molecule has 0 saturated carbocycles. The molecule has 0 spiro atoms. The van der Waals surface area contributed by atoms with E-state index in [1.165, 1.54) is 0 Å². The van der Waals surface area contributed by atoms with Crippen LogP contribution in [0.15, 0.2) is 17.4 Å². The molecule has 3 heteroatoms. The van der Waals surface area contributed by atoms with Crippen LogP contribution in [-0.2, 0) is 0 Å². The lowest BCUT2D eigenvalue weighted by molar-refractivity contribution is 0.449. The molecule has 0 aliphatic heterocycles. The maximum absolute atomic E-state index is 5.51. The molecule has 0 bridgehead atoms. The first-order valence-electron chi connectivity index (χ1n) is 3.07. The average Bonchev–Trinajstić information content (AvgIpc) is 1.87. The number of hydrazone groups is 1. The minimum atomic E-state index is 0.470. The van der Waals surface area contributed by atoms with Crippen LogP contribution < -0.4 is 0 Å². The van der Waals surface area contributed by atoms with Crippen LogP contribution in [0.5, 0.6) is 0 Å². The highest BCUT2D eigenvalue weighted by Crippen LogP contribution is 1.97. The van der Waals surface area contributed by atoms with Crippen molar-refractivity contribution in [3.8, 4) is 0 Å². The van der Waals surface area contributed by atoms with E-state index in [1.807, 2.05) is 20.9 Å². The van der Waals surface area contributed by atoms with E-state index in [-0.39, 0.29) is 0 Å². The highest BCUT2D eigenvalue weighted by Gasteiger charge is 1.92. The topological polar surface area (TPSA) is 15.6 Å². The summed E-state index contributed by atoms with van der Waals surface area (Å²) in [7, 11) is 1.85. The summed E-state index contributed by atoms with van der Waals surface area (Å²) in [6, 6.07) is 0. The molecule has 2 nitrogen and oxygen atoms in total. The Morgan fingerprint density at radius 1 is 1.60 bits per heavy atom. The molecule has 10 heavy (non-hydrogen) atoms. The third-order valence-corrected chi connectivity index (χ3v) is 1.45. The minimum Gasteiger partial charge on any atom is -0.274 e. The first-order chi connectivity index (χ1) is 4.57. The van der Waals surface area contributed by atoms with E-state index in [4.69, 9.17) is 11.6 Å². The van der Waals surface area contributed by atoms with Gasteiger partial charge in [0.25, 0.3) is 0 Å². The minimum absolute atomic E-state index is 0.470. The van der Waals surface area contributed by atoms with Crippen LogP contribution in [0.2, 0.25) is 0 Å². The van der Waals surface area contributed by atoms with E-state index in [0.717, 1.165) is 11.4 Å². The molecule has 0 amide bonds. The second kappa shape index (κ2) is 4.34. The van der Waals surface area contributed by atoms with Crippen molar-refractivity contribution in [1.29, 1.82) is 0 Å². The fourth-order valence-corrected chi connectivity index (χ4v) is 0.422. The predicted molar refractivity (Wildman–Crippen MR) is 46.4 cm³/mol. The van der Waals surface area contributed by atoms with Crippen LogP contribution in [0.3, 0.4) is 0 Å². The van der Waals surface area contributed by atoms with Gasteiger partial charge in [-0.3, -0.25) is 5.01 Å². The van der Waals surface area contributed by atoms with Gasteiger partial charge < -0.3 is 0 Å². The molecule has 0 aliphatic rings. The third kappa shape index (κ3) is 3.51. The Balaban J connectivity index is 3.99. The maximum Gasteiger partial charge on any atom is 0.0622 e. The van der Waals surface area contributed by atoms with E-state index in [2.05, 4.69) is 11.7 Å². The molecule has 0 radical (unpaired) electrons. The van der Waals surface area contributed by atoms with Crippen LogP contribution >= 0.6 is 11.6 Å². The molecular weight excluding hydrogens is 148 g/mol. The Bertz CT molecular complexity index is 152.